The number of carbonyl (C=O) groups is 2. The normalized spacial score (nSPS) is 14.4. The molecule has 1 aromatic rings. The van der Waals surface area contributed by atoms with Crippen molar-refractivity contribution in [1.82, 2.24) is 4.90 Å². The highest BCUT2D eigenvalue weighted by molar-refractivity contribution is 6.01. The molecule has 1 aliphatic rings. The average Bonchev–Trinajstić information content (AvgIpc) is 2.37. The molecule has 0 aromatic heterocycles. The first-order chi connectivity index (χ1) is 10.0. The van der Waals surface area contributed by atoms with Gasteiger partial charge in [-0.2, -0.15) is 0 Å². The highest BCUT2D eigenvalue weighted by atomic mass is 16.4. The standard InChI is InChI=1S/C16H22N2O3/c1-3-18(10-12-7-5-8-12)16(21)17-13-9-4-6-11(2)14(13)15(19)20/h4,6,9,12H,3,5,7-8,10H2,1-2H3,(H,17,21)(H,19,20). The van der Waals surface area contributed by atoms with E-state index in [1.165, 1.54) is 19.3 Å². The van der Waals surface area contributed by atoms with Crippen LogP contribution < -0.4 is 5.32 Å². The van der Waals surface area contributed by atoms with Gasteiger partial charge in [-0.05, 0) is 44.2 Å². The molecule has 2 amide bonds. The third-order valence-corrected chi connectivity index (χ3v) is 4.10. The molecule has 0 aliphatic heterocycles. The lowest BCUT2D eigenvalue weighted by molar-refractivity contribution is 0.0697. The molecule has 21 heavy (non-hydrogen) atoms. The molecule has 5 heteroatoms. The summed E-state index contributed by atoms with van der Waals surface area (Å²) in [5.74, 6) is -0.433. The molecule has 0 radical (unpaired) electrons. The molecule has 0 spiro atoms. The van der Waals surface area contributed by atoms with E-state index in [2.05, 4.69) is 5.32 Å². The first-order valence-electron chi connectivity index (χ1n) is 7.41. The van der Waals surface area contributed by atoms with Crippen LogP contribution in [-0.4, -0.2) is 35.1 Å². The zero-order valence-electron chi connectivity index (χ0n) is 12.6. The molecule has 0 atom stereocenters. The van der Waals surface area contributed by atoms with E-state index in [-0.39, 0.29) is 11.6 Å². The zero-order chi connectivity index (χ0) is 15.4. The van der Waals surface area contributed by atoms with Crippen LogP contribution in [0.1, 0.15) is 42.1 Å². The van der Waals surface area contributed by atoms with E-state index in [0.717, 1.165) is 6.54 Å². The molecule has 1 aromatic carbocycles. The van der Waals surface area contributed by atoms with E-state index in [0.29, 0.717) is 23.7 Å². The Labute approximate surface area is 125 Å². The summed E-state index contributed by atoms with van der Waals surface area (Å²) in [7, 11) is 0. The average molecular weight is 290 g/mol. The Morgan fingerprint density at radius 3 is 2.62 bits per heavy atom. The van der Waals surface area contributed by atoms with Crippen LogP contribution in [-0.2, 0) is 0 Å². The number of benzene rings is 1. The third-order valence-electron chi connectivity index (χ3n) is 4.10. The number of hydrogen-bond donors (Lipinski definition) is 2. The quantitative estimate of drug-likeness (QED) is 0.873. The second kappa shape index (κ2) is 6.61. The maximum Gasteiger partial charge on any atom is 0.338 e. The van der Waals surface area contributed by atoms with E-state index in [1.54, 1.807) is 30.0 Å². The van der Waals surface area contributed by atoms with Gasteiger partial charge < -0.3 is 15.3 Å². The van der Waals surface area contributed by atoms with Gasteiger partial charge in [0.15, 0.2) is 0 Å². The van der Waals surface area contributed by atoms with Crippen molar-refractivity contribution in [3.63, 3.8) is 0 Å². The summed E-state index contributed by atoms with van der Waals surface area (Å²) < 4.78 is 0. The zero-order valence-corrected chi connectivity index (χ0v) is 12.6. The van der Waals surface area contributed by atoms with E-state index < -0.39 is 5.97 Å². The van der Waals surface area contributed by atoms with Crippen LogP contribution in [0.2, 0.25) is 0 Å². The Bertz CT molecular complexity index is 538. The van der Waals surface area contributed by atoms with Crippen molar-refractivity contribution in [3.8, 4) is 0 Å². The lowest BCUT2D eigenvalue weighted by Crippen LogP contribution is -2.40. The fourth-order valence-corrected chi connectivity index (χ4v) is 2.59. The van der Waals surface area contributed by atoms with Crippen LogP contribution in [0.3, 0.4) is 0 Å². The monoisotopic (exact) mass is 290 g/mol. The second-order valence-corrected chi connectivity index (χ2v) is 5.57. The molecule has 2 N–H and O–H groups in total. The van der Waals surface area contributed by atoms with Crippen LogP contribution in [0.5, 0.6) is 0 Å². The number of hydrogen-bond acceptors (Lipinski definition) is 2. The Balaban J connectivity index is 2.10. The second-order valence-electron chi connectivity index (χ2n) is 5.57. The van der Waals surface area contributed by atoms with Crippen molar-refractivity contribution in [2.24, 2.45) is 5.92 Å². The van der Waals surface area contributed by atoms with Gasteiger partial charge in [0.05, 0.1) is 11.3 Å². The molecule has 1 saturated carbocycles. The third kappa shape index (κ3) is 3.54. The number of carboxylic acids is 1. The molecule has 0 unspecified atom stereocenters. The summed E-state index contributed by atoms with van der Waals surface area (Å²) in [6.45, 7) is 5.03. The fourth-order valence-electron chi connectivity index (χ4n) is 2.59. The summed E-state index contributed by atoms with van der Waals surface area (Å²) in [5.41, 5.74) is 1.16. The van der Waals surface area contributed by atoms with Gasteiger partial charge in [0.25, 0.3) is 0 Å². The molecule has 5 nitrogen and oxygen atoms in total. The van der Waals surface area contributed by atoms with E-state index >= 15 is 0 Å². The predicted molar refractivity (Wildman–Crippen MR) is 81.7 cm³/mol. The number of nitrogens with zero attached hydrogens (tertiary/aromatic N) is 1. The summed E-state index contributed by atoms with van der Waals surface area (Å²) in [6, 6.07) is 4.88. The van der Waals surface area contributed by atoms with Gasteiger partial charge in [-0.3, -0.25) is 0 Å². The topological polar surface area (TPSA) is 69.6 Å². The number of aryl methyl sites for hydroxylation is 1. The highest BCUT2D eigenvalue weighted by Gasteiger charge is 2.23. The van der Waals surface area contributed by atoms with Gasteiger partial charge in [0.2, 0.25) is 0 Å². The minimum absolute atomic E-state index is 0.158. The molecular formula is C16H22N2O3. The first kappa shape index (κ1) is 15.4. The Morgan fingerprint density at radius 1 is 1.38 bits per heavy atom. The molecule has 114 valence electrons. The number of anilines is 1. The van der Waals surface area contributed by atoms with Gasteiger partial charge in [0.1, 0.15) is 0 Å². The molecule has 0 bridgehead atoms. The van der Waals surface area contributed by atoms with E-state index in [9.17, 15) is 14.7 Å². The molecule has 0 heterocycles. The molecule has 1 aliphatic carbocycles. The Kier molecular flexibility index (Phi) is 4.83. The van der Waals surface area contributed by atoms with Gasteiger partial charge in [-0.25, -0.2) is 9.59 Å². The molecule has 0 saturated heterocycles. The smallest absolute Gasteiger partial charge is 0.338 e. The van der Waals surface area contributed by atoms with Crippen molar-refractivity contribution in [1.29, 1.82) is 0 Å². The minimum atomic E-state index is -1.02. The summed E-state index contributed by atoms with van der Waals surface area (Å²) in [6.07, 6.45) is 3.59. The number of amides is 2. The van der Waals surface area contributed by atoms with Crippen LogP contribution in [0.4, 0.5) is 10.5 Å². The number of urea groups is 1. The maximum absolute atomic E-state index is 12.3. The van der Waals surface area contributed by atoms with Crippen molar-refractivity contribution < 1.29 is 14.7 Å². The number of rotatable bonds is 5. The summed E-state index contributed by atoms with van der Waals surface area (Å²) >= 11 is 0. The highest BCUT2D eigenvalue weighted by Crippen LogP contribution is 2.27. The van der Waals surface area contributed by atoms with E-state index in [1.807, 2.05) is 6.92 Å². The Hall–Kier alpha value is -2.04. The van der Waals surface area contributed by atoms with Crippen molar-refractivity contribution in [2.45, 2.75) is 33.1 Å². The first-order valence-corrected chi connectivity index (χ1v) is 7.41. The van der Waals surface area contributed by atoms with Crippen LogP contribution in [0, 0.1) is 12.8 Å². The van der Waals surface area contributed by atoms with Gasteiger partial charge >= 0.3 is 12.0 Å². The van der Waals surface area contributed by atoms with Crippen molar-refractivity contribution in [2.75, 3.05) is 18.4 Å². The summed E-state index contributed by atoms with van der Waals surface area (Å²) in [5, 5.41) is 12.0. The lowest BCUT2D eigenvalue weighted by atomic mass is 9.85. The molecular weight excluding hydrogens is 268 g/mol. The minimum Gasteiger partial charge on any atom is -0.478 e. The number of nitrogens with one attached hydrogen (secondary N) is 1. The summed E-state index contributed by atoms with van der Waals surface area (Å²) in [4.78, 5) is 25.4. The SMILES string of the molecule is CCN(CC1CCC1)C(=O)Nc1cccc(C)c1C(=O)O. The number of carbonyl (C=O) groups excluding carboxylic acids is 1. The number of carboxylic acid groups (broad SMARTS) is 1. The van der Waals surface area contributed by atoms with Crippen LogP contribution >= 0.6 is 0 Å². The lowest BCUT2D eigenvalue weighted by Gasteiger charge is -2.32. The predicted octanol–water partition coefficient (Wildman–Crippen LogP) is 3.35. The molecule has 1 fully saturated rings. The fraction of sp³-hybridized carbons (Fsp3) is 0.500. The Morgan fingerprint density at radius 2 is 2.10 bits per heavy atom. The largest absolute Gasteiger partial charge is 0.478 e. The van der Waals surface area contributed by atoms with Crippen molar-refractivity contribution >= 4 is 17.7 Å². The van der Waals surface area contributed by atoms with Gasteiger partial charge in [-0.15, -0.1) is 0 Å². The van der Waals surface area contributed by atoms with E-state index in [4.69, 9.17) is 0 Å². The van der Waals surface area contributed by atoms with Crippen molar-refractivity contribution in [3.05, 3.63) is 29.3 Å². The van der Waals surface area contributed by atoms with Gasteiger partial charge in [-0.1, -0.05) is 18.6 Å². The maximum atomic E-state index is 12.3. The van der Waals surface area contributed by atoms with Gasteiger partial charge in [0, 0.05) is 13.1 Å². The van der Waals surface area contributed by atoms with Crippen LogP contribution in [0.15, 0.2) is 18.2 Å². The molecule has 2 rings (SSSR count). The number of aromatic carboxylic acids is 1. The van der Waals surface area contributed by atoms with Crippen LogP contribution in [0.25, 0.3) is 0 Å².